The van der Waals surface area contributed by atoms with E-state index in [1.54, 1.807) is 0 Å². The van der Waals surface area contributed by atoms with E-state index in [1.165, 1.54) is 30.1 Å². The van der Waals surface area contributed by atoms with Gasteiger partial charge in [-0.2, -0.15) is 5.10 Å². The van der Waals surface area contributed by atoms with E-state index in [4.69, 9.17) is 26.6 Å². The van der Waals surface area contributed by atoms with Crippen LogP contribution in [0.1, 0.15) is 20.7 Å². The van der Waals surface area contributed by atoms with Crippen LogP contribution in [0.5, 0.6) is 5.75 Å². The lowest BCUT2D eigenvalue weighted by atomic mass is 10.2. The van der Waals surface area contributed by atoms with Crippen LogP contribution in [0.25, 0.3) is 5.69 Å². The summed E-state index contributed by atoms with van der Waals surface area (Å²) in [6.45, 7) is 0. The van der Waals surface area contributed by atoms with Gasteiger partial charge in [-0.15, -0.1) is 0 Å². The van der Waals surface area contributed by atoms with Crippen LogP contribution in [0.15, 0.2) is 24.5 Å². The van der Waals surface area contributed by atoms with Crippen LogP contribution in [-0.2, 0) is 0 Å². The minimum Gasteiger partial charge on any atom is -0.496 e. The third-order valence-corrected chi connectivity index (χ3v) is 2.88. The number of methoxy groups -OCH3 is 1. The monoisotopic (exact) mass is 296 g/mol. The molecule has 2 N–H and O–H groups in total. The van der Waals surface area contributed by atoms with Crippen molar-refractivity contribution in [1.82, 2.24) is 9.78 Å². The first-order chi connectivity index (χ1) is 9.43. The van der Waals surface area contributed by atoms with E-state index in [2.05, 4.69) is 5.10 Å². The summed E-state index contributed by atoms with van der Waals surface area (Å²) in [5.41, 5.74) is 0.218. The lowest BCUT2D eigenvalue weighted by Crippen LogP contribution is -2.04. The molecule has 2 aromatic rings. The Bertz CT molecular complexity index is 695. The number of nitrogens with zero attached hydrogens (tertiary/aromatic N) is 2. The van der Waals surface area contributed by atoms with Crippen molar-refractivity contribution in [2.24, 2.45) is 0 Å². The molecule has 1 heterocycles. The fourth-order valence-electron chi connectivity index (χ4n) is 1.62. The summed E-state index contributed by atoms with van der Waals surface area (Å²) >= 11 is 6.00. The highest BCUT2D eigenvalue weighted by atomic mass is 35.5. The number of halogens is 1. The zero-order valence-electron chi connectivity index (χ0n) is 10.2. The fraction of sp³-hybridized carbons (Fsp3) is 0.0833. The molecular formula is C12H9ClN2O5. The molecule has 0 aliphatic heterocycles. The van der Waals surface area contributed by atoms with Crippen LogP contribution in [0.4, 0.5) is 0 Å². The Kier molecular flexibility index (Phi) is 3.62. The minimum absolute atomic E-state index is 0.0117. The number of rotatable bonds is 4. The largest absolute Gasteiger partial charge is 0.496 e. The van der Waals surface area contributed by atoms with Crippen molar-refractivity contribution in [2.75, 3.05) is 7.11 Å². The summed E-state index contributed by atoms with van der Waals surface area (Å²) < 4.78 is 6.22. The number of hydrogen-bond donors (Lipinski definition) is 2. The van der Waals surface area contributed by atoms with E-state index >= 15 is 0 Å². The molecule has 20 heavy (non-hydrogen) atoms. The van der Waals surface area contributed by atoms with Crippen molar-refractivity contribution in [3.05, 3.63) is 40.7 Å². The maximum atomic E-state index is 11.0. The lowest BCUT2D eigenvalue weighted by Gasteiger charge is -2.10. The molecule has 0 spiro atoms. The molecular weight excluding hydrogens is 288 g/mol. The van der Waals surface area contributed by atoms with Gasteiger partial charge in [0, 0.05) is 12.3 Å². The molecule has 0 atom stereocenters. The van der Waals surface area contributed by atoms with Gasteiger partial charge in [0.1, 0.15) is 11.3 Å². The molecule has 0 saturated heterocycles. The molecule has 7 nitrogen and oxygen atoms in total. The van der Waals surface area contributed by atoms with Crippen molar-refractivity contribution in [3.63, 3.8) is 0 Å². The highest BCUT2D eigenvalue weighted by molar-refractivity contribution is 6.32. The van der Waals surface area contributed by atoms with Gasteiger partial charge in [-0.05, 0) is 6.07 Å². The lowest BCUT2D eigenvalue weighted by molar-refractivity contribution is 0.0684. The average molecular weight is 297 g/mol. The topological polar surface area (TPSA) is 102 Å². The molecule has 8 heteroatoms. The number of aromatic nitrogens is 2. The number of carbonyl (C=O) groups is 2. The Labute approximate surface area is 118 Å². The van der Waals surface area contributed by atoms with Crippen molar-refractivity contribution in [1.29, 1.82) is 0 Å². The zero-order chi connectivity index (χ0) is 14.9. The summed E-state index contributed by atoms with van der Waals surface area (Å²) in [6.07, 6.45) is 2.43. The molecule has 1 aromatic carbocycles. The van der Waals surface area contributed by atoms with Crippen LogP contribution in [-0.4, -0.2) is 39.0 Å². The number of aromatic carboxylic acids is 2. The van der Waals surface area contributed by atoms with E-state index < -0.39 is 11.9 Å². The van der Waals surface area contributed by atoms with Crippen LogP contribution < -0.4 is 4.74 Å². The van der Waals surface area contributed by atoms with Gasteiger partial charge in [0.2, 0.25) is 0 Å². The van der Waals surface area contributed by atoms with Gasteiger partial charge in [-0.3, -0.25) is 0 Å². The standard InChI is InChI=1S/C12H9ClN2O5/c1-20-10-3-9(8(13)2-7(10)12(18)19)15-5-6(4-14-15)11(16)17/h2-5H,1H3,(H,16,17)(H,18,19). The van der Waals surface area contributed by atoms with Gasteiger partial charge < -0.3 is 14.9 Å². The highest BCUT2D eigenvalue weighted by Crippen LogP contribution is 2.29. The van der Waals surface area contributed by atoms with Crippen molar-refractivity contribution in [2.45, 2.75) is 0 Å². The molecule has 0 radical (unpaired) electrons. The molecule has 0 aliphatic carbocycles. The summed E-state index contributed by atoms with van der Waals surface area (Å²) in [6, 6.07) is 2.60. The Morgan fingerprint density at radius 1 is 1.30 bits per heavy atom. The van der Waals surface area contributed by atoms with Crippen LogP contribution in [0.2, 0.25) is 5.02 Å². The smallest absolute Gasteiger partial charge is 0.339 e. The number of carboxylic acid groups (broad SMARTS) is 2. The normalized spacial score (nSPS) is 10.3. The van der Waals surface area contributed by atoms with Crippen LogP contribution in [0.3, 0.4) is 0 Å². The second-order valence-electron chi connectivity index (χ2n) is 3.79. The molecule has 0 amide bonds. The maximum Gasteiger partial charge on any atom is 0.339 e. The number of hydrogen-bond acceptors (Lipinski definition) is 4. The first-order valence-corrected chi connectivity index (χ1v) is 5.71. The molecule has 0 fully saturated rings. The van der Waals surface area contributed by atoms with E-state index in [0.717, 1.165) is 6.20 Å². The second kappa shape index (κ2) is 5.22. The Balaban J connectivity index is 2.56. The predicted octanol–water partition coefficient (Wildman–Crippen LogP) is 1.93. The maximum absolute atomic E-state index is 11.0. The van der Waals surface area contributed by atoms with Gasteiger partial charge in [-0.1, -0.05) is 11.6 Å². The molecule has 0 unspecified atom stereocenters. The van der Waals surface area contributed by atoms with Crippen molar-refractivity contribution in [3.8, 4) is 11.4 Å². The molecule has 2 rings (SSSR count). The van der Waals surface area contributed by atoms with Gasteiger partial charge in [-0.25, -0.2) is 14.3 Å². The van der Waals surface area contributed by atoms with E-state index in [0.29, 0.717) is 5.69 Å². The minimum atomic E-state index is -1.18. The highest BCUT2D eigenvalue weighted by Gasteiger charge is 2.17. The summed E-state index contributed by atoms with van der Waals surface area (Å²) in [5.74, 6) is -2.20. The number of ether oxygens (including phenoxy) is 1. The second-order valence-corrected chi connectivity index (χ2v) is 4.19. The van der Waals surface area contributed by atoms with Crippen molar-refractivity contribution >= 4 is 23.5 Å². The molecule has 0 bridgehead atoms. The summed E-state index contributed by atoms with van der Waals surface area (Å²) in [4.78, 5) is 21.8. The molecule has 1 aromatic heterocycles. The van der Waals surface area contributed by atoms with Gasteiger partial charge >= 0.3 is 11.9 Å². The number of benzene rings is 1. The third kappa shape index (κ3) is 2.43. The zero-order valence-corrected chi connectivity index (χ0v) is 11.0. The fourth-order valence-corrected chi connectivity index (χ4v) is 1.87. The van der Waals surface area contributed by atoms with E-state index in [9.17, 15) is 9.59 Å². The quantitative estimate of drug-likeness (QED) is 0.894. The predicted molar refractivity (Wildman–Crippen MR) is 69.0 cm³/mol. The first-order valence-electron chi connectivity index (χ1n) is 5.33. The van der Waals surface area contributed by atoms with Crippen molar-refractivity contribution < 1.29 is 24.5 Å². The Hall–Kier alpha value is -2.54. The molecule has 104 valence electrons. The van der Waals surface area contributed by atoms with Crippen LogP contribution in [0, 0.1) is 0 Å². The van der Waals surface area contributed by atoms with Gasteiger partial charge in [0.25, 0.3) is 0 Å². The third-order valence-electron chi connectivity index (χ3n) is 2.58. The summed E-state index contributed by atoms with van der Waals surface area (Å²) in [5, 5.41) is 21.8. The Morgan fingerprint density at radius 3 is 2.50 bits per heavy atom. The van der Waals surface area contributed by atoms with Gasteiger partial charge in [0.15, 0.2) is 0 Å². The van der Waals surface area contributed by atoms with E-state index in [1.807, 2.05) is 0 Å². The SMILES string of the molecule is COc1cc(-n2cc(C(=O)O)cn2)c(Cl)cc1C(=O)O. The first kappa shape index (κ1) is 13.9. The van der Waals surface area contributed by atoms with Crippen LogP contribution >= 0.6 is 11.6 Å². The average Bonchev–Trinajstić information content (AvgIpc) is 2.87. The molecule has 0 aliphatic rings. The molecule has 0 saturated carbocycles. The van der Waals surface area contributed by atoms with E-state index in [-0.39, 0.29) is 21.9 Å². The van der Waals surface area contributed by atoms with Gasteiger partial charge in [0.05, 0.1) is 29.6 Å². The Morgan fingerprint density at radius 2 is 2.00 bits per heavy atom. The summed E-state index contributed by atoms with van der Waals surface area (Å²) in [7, 11) is 1.32. The number of carboxylic acids is 2.